The minimum absolute atomic E-state index is 0.513. The van der Waals surface area contributed by atoms with E-state index in [1.165, 1.54) is 24.0 Å². The molecule has 1 fully saturated rings. The highest BCUT2D eigenvalue weighted by Gasteiger charge is 2.47. The molecule has 0 aromatic carbocycles. The quantitative estimate of drug-likeness (QED) is 0.671. The van der Waals surface area contributed by atoms with Gasteiger partial charge in [0.05, 0.1) is 5.60 Å². The van der Waals surface area contributed by atoms with Crippen molar-refractivity contribution in [1.82, 2.24) is 0 Å². The Kier molecular flexibility index (Phi) is 1.72. The zero-order chi connectivity index (χ0) is 9.60. The maximum atomic E-state index is 10.6. The molecule has 0 bridgehead atoms. The molecular weight excluding hydrogens is 172 g/mol. The van der Waals surface area contributed by atoms with Crippen molar-refractivity contribution in [3.8, 4) is 0 Å². The molecule has 0 aliphatic heterocycles. The summed E-state index contributed by atoms with van der Waals surface area (Å²) in [5, 5.41) is 10.6. The van der Waals surface area contributed by atoms with Crippen molar-refractivity contribution in [3.63, 3.8) is 0 Å². The summed E-state index contributed by atoms with van der Waals surface area (Å²) in [6.45, 7) is 0. The zero-order valence-corrected chi connectivity index (χ0v) is 8.37. The summed E-state index contributed by atoms with van der Waals surface area (Å²) in [6, 6.07) is 0. The largest absolute Gasteiger partial charge is 0.385 e. The third-order valence-corrected chi connectivity index (χ3v) is 3.64. The second kappa shape index (κ2) is 2.83. The van der Waals surface area contributed by atoms with Crippen LogP contribution in [0.25, 0.3) is 0 Å². The third kappa shape index (κ3) is 1.12. The number of rotatable bonds is 1. The van der Waals surface area contributed by atoms with E-state index in [1.807, 2.05) is 0 Å². The number of hydrogen-bond donors (Lipinski definition) is 1. The lowest BCUT2D eigenvalue weighted by Crippen LogP contribution is -2.36. The first-order chi connectivity index (χ1) is 6.81. The maximum absolute atomic E-state index is 10.6. The summed E-state index contributed by atoms with van der Waals surface area (Å²) in [5.41, 5.74) is 1.98. The van der Waals surface area contributed by atoms with Crippen LogP contribution in [0, 0.1) is 5.92 Å². The van der Waals surface area contributed by atoms with Gasteiger partial charge in [0.15, 0.2) is 0 Å². The van der Waals surface area contributed by atoms with Crippen LogP contribution in [0.15, 0.2) is 35.5 Å². The Bertz CT molecular complexity index is 344. The van der Waals surface area contributed by atoms with Gasteiger partial charge in [0.1, 0.15) is 0 Å². The average Bonchev–Trinajstić information content (AvgIpc) is 3.02. The lowest BCUT2D eigenvalue weighted by molar-refractivity contribution is 0.0581. The van der Waals surface area contributed by atoms with Gasteiger partial charge in [-0.25, -0.2) is 0 Å². The van der Waals surface area contributed by atoms with Gasteiger partial charge in [-0.2, -0.15) is 0 Å². The number of allylic oxidation sites excluding steroid dienone is 3. The molecule has 1 atom stereocenters. The van der Waals surface area contributed by atoms with Crippen molar-refractivity contribution in [3.05, 3.63) is 35.5 Å². The molecule has 0 aromatic heterocycles. The molecule has 3 rings (SSSR count). The van der Waals surface area contributed by atoms with Crippen LogP contribution in [0.2, 0.25) is 0 Å². The van der Waals surface area contributed by atoms with E-state index in [1.54, 1.807) is 0 Å². The van der Waals surface area contributed by atoms with Gasteiger partial charge in [0.2, 0.25) is 0 Å². The molecule has 1 N–H and O–H groups in total. The summed E-state index contributed by atoms with van der Waals surface area (Å²) in [7, 11) is 0. The van der Waals surface area contributed by atoms with Gasteiger partial charge in [-0.1, -0.05) is 24.3 Å². The molecule has 0 saturated heterocycles. The lowest BCUT2D eigenvalue weighted by atomic mass is 9.75. The van der Waals surface area contributed by atoms with E-state index in [-0.39, 0.29) is 0 Å². The third-order valence-electron chi connectivity index (χ3n) is 3.64. The van der Waals surface area contributed by atoms with Gasteiger partial charge in [-0.3, -0.25) is 0 Å². The molecule has 0 radical (unpaired) electrons. The van der Waals surface area contributed by atoms with Crippen molar-refractivity contribution < 1.29 is 5.11 Å². The van der Waals surface area contributed by atoms with Gasteiger partial charge in [-0.05, 0) is 49.2 Å². The zero-order valence-electron chi connectivity index (χ0n) is 8.37. The van der Waals surface area contributed by atoms with Crippen LogP contribution in [-0.2, 0) is 0 Å². The summed E-state index contributed by atoms with van der Waals surface area (Å²) in [5.74, 6) is 0.528. The fourth-order valence-electron chi connectivity index (χ4n) is 2.70. The second-order valence-electron chi connectivity index (χ2n) is 4.66. The molecule has 0 amide bonds. The van der Waals surface area contributed by atoms with Crippen LogP contribution in [0.1, 0.15) is 32.1 Å². The molecular formula is C13H16O. The van der Waals surface area contributed by atoms with Crippen molar-refractivity contribution in [2.45, 2.75) is 37.7 Å². The first-order valence-corrected chi connectivity index (χ1v) is 5.61. The molecule has 74 valence electrons. The van der Waals surface area contributed by atoms with Gasteiger partial charge < -0.3 is 5.11 Å². The van der Waals surface area contributed by atoms with Crippen LogP contribution in [0.4, 0.5) is 0 Å². The van der Waals surface area contributed by atoms with Gasteiger partial charge in [-0.15, -0.1) is 0 Å². The Labute approximate surface area is 84.8 Å². The Balaban J connectivity index is 2.04. The monoisotopic (exact) mass is 188 g/mol. The van der Waals surface area contributed by atoms with Crippen molar-refractivity contribution in [2.24, 2.45) is 5.92 Å². The Hall–Kier alpha value is -0.820. The standard InChI is InChI=1S/C13H16O/c14-13(11-7-8-11)9-3-5-10-4-1-2-6-12(10)13/h3-6,11,14H,1-2,7-9H2. The summed E-state index contributed by atoms with van der Waals surface area (Å²) >= 11 is 0. The van der Waals surface area contributed by atoms with Crippen LogP contribution in [0.5, 0.6) is 0 Å². The summed E-state index contributed by atoms with van der Waals surface area (Å²) < 4.78 is 0. The maximum Gasteiger partial charge on any atom is 0.0961 e. The Morgan fingerprint density at radius 3 is 2.79 bits per heavy atom. The predicted octanol–water partition coefficient (Wildman–Crippen LogP) is 2.73. The highest BCUT2D eigenvalue weighted by Crippen LogP contribution is 2.50. The molecule has 0 spiro atoms. The van der Waals surface area contributed by atoms with E-state index < -0.39 is 5.60 Å². The van der Waals surface area contributed by atoms with Gasteiger partial charge in [0.25, 0.3) is 0 Å². The minimum Gasteiger partial charge on any atom is -0.385 e. The van der Waals surface area contributed by atoms with Gasteiger partial charge >= 0.3 is 0 Å². The molecule has 1 saturated carbocycles. The Morgan fingerprint density at radius 1 is 1.21 bits per heavy atom. The average molecular weight is 188 g/mol. The normalized spacial score (nSPS) is 36.1. The fraction of sp³-hybridized carbons (Fsp3) is 0.538. The van der Waals surface area contributed by atoms with E-state index >= 15 is 0 Å². The smallest absolute Gasteiger partial charge is 0.0961 e. The molecule has 0 heterocycles. The van der Waals surface area contributed by atoms with Gasteiger partial charge in [0, 0.05) is 0 Å². The number of aliphatic hydroxyl groups is 1. The molecule has 0 aromatic rings. The summed E-state index contributed by atoms with van der Waals surface area (Å²) in [6.07, 6.45) is 14.3. The minimum atomic E-state index is -0.513. The van der Waals surface area contributed by atoms with Crippen LogP contribution in [0.3, 0.4) is 0 Å². The van der Waals surface area contributed by atoms with E-state index in [2.05, 4.69) is 24.3 Å². The molecule has 1 unspecified atom stereocenters. The molecule has 14 heavy (non-hydrogen) atoms. The first kappa shape index (κ1) is 8.49. The number of hydrogen-bond acceptors (Lipinski definition) is 1. The van der Waals surface area contributed by atoms with E-state index in [9.17, 15) is 5.11 Å². The molecule has 1 heteroatoms. The first-order valence-electron chi connectivity index (χ1n) is 5.61. The molecule has 3 aliphatic carbocycles. The van der Waals surface area contributed by atoms with Crippen LogP contribution < -0.4 is 0 Å². The van der Waals surface area contributed by atoms with Crippen molar-refractivity contribution in [1.29, 1.82) is 0 Å². The van der Waals surface area contributed by atoms with E-state index in [4.69, 9.17) is 0 Å². The van der Waals surface area contributed by atoms with Crippen LogP contribution in [-0.4, -0.2) is 10.7 Å². The lowest BCUT2D eigenvalue weighted by Gasteiger charge is -2.35. The fourth-order valence-corrected chi connectivity index (χ4v) is 2.70. The Morgan fingerprint density at radius 2 is 2.00 bits per heavy atom. The molecule has 3 aliphatic rings. The highest BCUT2D eigenvalue weighted by molar-refractivity contribution is 5.51. The summed E-state index contributed by atoms with van der Waals surface area (Å²) in [4.78, 5) is 0. The van der Waals surface area contributed by atoms with Crippen molar-refractivity contribution >= 4 is 0 Å². The topological polar surface area (TPSA) is 20.2 Å². The predicted molar refractivity (Wildman–Crippen MR) is 56.8 cm³/mol. The highest BCUT2D eigenvalue weighted by atomic mass is 16.3. The molecule has 1 nitrogen and oxygen atoms in total. The van der Waals surface area contributed by atoms with Crippen molar-refractivity contribution in [2.75, 3.05) is 0 Å². The second-order valence-corrected chi connectivity index (χ2v) is 4.66. The number of fused-ring (bicyclic) bond motifs is 1. The van der Waals surface area contributed by atoms with Crippen LogP contribution >= 0.6 is 0 Å². The van der Waals surface area contributed by atoms with E-state index in [0.29, 0.717) is 5.92 Å². The van der Waals surface area contributed by atoms with E-state index in [0.717, 1.165) is 19.3 Å². The SMILES string of the molecule is OC1(C2CC2)CC=CC2=CCCC=C21.